The Balaban J connectivity index is 1.99. The van der Waals surface area contributed by atoms with Gasteiger partial charge in [-0.2, -0.15) is 0 Å². The number of halogens is 1. The molecular formula is C13H17ClN2O3S. The van der Waals surface area contributed by atoms with Crippen molar-refractivity contribution in [1.29, 1.82) is 0 Å². The van der Waals surface area contributed by atoms with Crippen molar-refractivity contribution in [3.05, 3.63) is 23.2 Å². The zero-order valence-electron chi connectivity index (χ0n) is 10.9. The van der Waals surface area contributed by atoms with Gasteiger partial charge in [-0.25, -0.2) is 8.42 Å². The molecule has 110 valence electrons. The van der Waals surface area contributed by atoms with Crippen LogP contribution in [0.2, 0.25) is 5.02 Å². The van der Waals surface area contributed by atoms with E-state index < -0.39 is 21.5 Å². The number of anilines is 2. The number of benzene rings is 1. The number of carbonyl (C=O) groups is 1. The zero-order valence-corrected chi connectivity index (χ0v) is 12.5. The van der Waals surface area contributed by atoms with Crippen LogP contribution in [0.5, 0.6) is 0 Å². The Morgan fingerprint density at radius 3 is 2.60 bits per heavy atom. The van der Waals surface area contributed by atoms with Crippen LogP contribution in [-0.2, 0) is 14.6 Å². The van der Waals surface area contributed by atoms with Gasteiger partial charge in [0.25, 0.3) is 0 Å². The summed E-state index contributed by atoms with van der Waals surface area (Å²) in [4.78, 5) is 11.8. The summed E-state index contributed by atoms with van der Waals surface area (Å²) in [6.07, 6.45) is 3.14. The summed E-state index contributed by atoms with van der Waals surface area (Å²) in [6, 6.07) is 4.64. The van der Waals surface area contributed by atoms with Crippen molar-refractivity contribution in [2.24, 2.45) is 0 Å². The second-order valence-corrected chi connectivity index (χ2v) is 7.69. The molecule has 1 aromatic carbocycles. The predicted molar refractivity (Wildman–Crippen MR) is 80.5 cm³/mol. The van der Waals surface area contributed by atoms with Crippen LogP contribution in [-0.4, -0.2) is 25.3 Å². The van der Waals surface area contributed by atoms with Gasteiger partial charge in [0.05, 0.1) is 16.0 Å². The molecule has 3 N–H and O–H groups in total. The molecule has 1 amide bonds. The largest absolute Gasteiger partial charge is 0.397 e. The third kappa shape index (κ3) is 3.64. The molecule has 0 spiro atoms. The Morgan fingerprint density at radius 2 is 2.00 bits per heavy atom. The van der Waals surface area contributed by atoms with E-state index in [4.69, 9.17) is 17.3 Å². The van der Waals surface area contributed by atoms with Crippen molar-refractivity contribution in [3.8, 4) is 0 Å². The van der Waals surface area contributed by atoms with Gasteiger partial charge in [0, 0.05) is 5.69 Å². The molecule has 1 aromatic rings. The summed E-state index contributed by atoms with van der Waals surface area (Å²) in [5.74, 6) is -1.03. The summed E-state index contributed by atoms with van der Waals surface area (Å²) >= 11 is 5.78. The molecule has 0 aliphatic heterocycles. The maximum Gasteiger partial charge on any atom is 0.239 e. The van der Waals surface area contributed by atoms with Crippen molar-refractivity contribution in [1.82, 2.24) is 0 Å². The SMILES string of the molecule is Nc1cc(NC(=O)CS(=O)(=O)C2CCCC2)ccc1Cl. The van der Waals surface area contributed by atoms with E-state index in [9.17, 15) is 13.2 Å². The van der Waals surface area contributed by atoms with Crippen LogP contribution in [0.25, 0.3) is 0 Å². The molecule has 20 heavy (non-hydrogen) atoms. The minimum Gasteiger partial charge on any atom is -0.397 e. The number of sulfone groups is 1. The van der Waals surface area contributed by atoms with Crippen LogP contribution in [0.15, 0.2) is 18.2 Å². The van der Waals surface area contributed by atoms with Crippen molar-refractivity contribution in [2.45, 2.75) is 30.9 Å². The lowest BCUT2D eigenvalue weighted by Gasteiger charge is -2.11. The van der Waals surface area contributed by atoms with Gasteiger partial charge in [0.2, 0.25) is 5.91 Å². The van der Waals surface area contributed by atoms with E-state index >= 15 is 0 Å². The molecule has 5 nitrogen and oxygen atoms in total. The molecule has 1 aliphatic carbocycles. The second kappa shape index (κ2) is 6.01. The number of hydrogen-bond donors (Lipinski definition) is 2. The first-order valence-corrected chi connectivity index (χ1v) is 8.54. The monoisotopic (exact) mass is 316 g/mol. The lowest BCUT2D eigenvalue weighted by molar-refractivity contribution is -0.113. The van der Waals surface area contributed by atoms with Gasteiger partial charge in [0.1, 0.15) is 5.75 Å². The second-order valence-electron chi connectivity index (χ2n) is 5.00. The first-order chi connectivity index (χ1) is 9.38. The van der Waals surface area contributed by atoms with E-state index in [1.165, 1.54) is 6.07 Å². The Kier molecular flexibility index (Phi) is 4.55. The van der Waals surface area contributed by atoms with Crippen LogP contribution < -0.4 is 11.1 Å². The molecular weight excluding hydrogens is 300 g/mol. The Hall–Kier alpha value is -1.27. The smallest absolute Gasteiger partial charge is 0.239 e. The number of carbonyl (C=O) groups excluding carboxylic acids is 1. The highest BCUT2D eigenvalue weighted by atomic mass is 35.5. The molecule has 0 atom stereocenters. The summed E-state index contributed by atoms with van der Waals surface area (Å²) in [5, 5.41) is 2.55. The molecule has 0 aromatic heterocycles. The molecule has 0 heterocycles. The minimum absolute atomic E-state index is 0.336. The molecule has 1 aliphatic rings. The van der Waals surface area contributed by atoms with Crippen molar-refractivity contribution in [2.75, 3.05) is 16.8 Å². The number of amides is 1. The quantitative estimate of drug-likeness (QED) is 0.833. The topological polar surface area (TPSA) is 89.3 Å². The van der Waals surface area contributed by atoms with Crippen molar-refractivity contribution < 1.29 is 13.2 Å². The minimum atomic E-state index is -3.37. The maximum absolute atomic E-state index is 12.0. The fourth-order valence-electron chi connectivity index (χ4n) is 2.37. The van der Waals surface area contributed by atoms with E-state index in [0.717, 1.165) is 12.8 Å². The van der Waals surface area contributed by atoms with Crippen LogP contribution in [0.3, 0.4) is 0 Å². The highest BCUT2D eigenvalue weighted by Crippen LogP contribution is 2.26. The Bertz CT molecular complexity index is 610. The number of nitrogen functional groups attached to an aromatic ring is 1. The third-order valence-corrected chi connectivity index (χ3v) is 5.92. The van der Waals surface area contributed by atoms with E-state index in [1.807, 2.05) is 0 Å². The molecule has 0 radical (unpaired) electrons. The van der Waals surface area contributed by atoms with E-state index in [0.29, 0.717) is 29.2 Å². The first kappa shape index (κ1) is 15.1. The number of rotatable bonds is 4. The highest BCUT2D eigenvalue weighted by Gasteiger charge is 2.30. The van der Waals surface area contributed by atoms with Gasteiger partial charge in [-0.05, 0) is 31.0 Å². The van der Waals surface area contributed by atoms with E-state index in [2.05, 4.69) is 5.32 Å². The van der Waals surface area contributed by atoms with Gasteiger partial charge in [-0.15, -0.1) is 0 Å². The predicted octanol–water partition coefficient (Wildman–Crippen LogP) is 2.22. The summed E-state index contributed by atoms with van der Waals surface area (Å²) in [7, 11) is -3.37. The maximum atomic E-state index is 12.0. The standard InChI is InChI=1S/C13H17ClN2O3S/c14-11-6-5-9(7-12(11)15)16-13(17)8-20(18,19)10-3-1-2-4-10/h5-7,10H,1-4,8,15H2,(H,16,17). The summed E-state index contributed by atoms with van der Waals surface area (Å²) in [5.41, 5.74) is 6.40. The van der Waals surface area contributed by atoms with Crippen molar-refractivity contribution in [3.63, 3.8) is 0 Å². The molecule has 0 saturated heterocycles. The normalized spacial score (nSPS) is 16.2. The van der Waals surface area contributed by atoms with Crippen LogP contribution >= 0.6 is 11.6 Å². The van der Waals surface area contributed by atoms with Gasteiger partial charge in [-0.3, -0.25) is 4.79 Å². The Morgan fingerprint density at radius 1 is 1.35 bits per heavy atom. The van der Waals surface area contributed by atoms with Crippen LogP contribution in [0, 0.1) is 0 Å². The number of nitrogens with two attached hydrogens (primary N) is 1. The van der Waals surface area contributed by atoms with Crippen LogP contribution in [0.1, 0.15) is 25.7 Å². The summed E-state index contributed by atoms with van der Waals surface area (Å²) in [6.45, 7) is 0. The van der Waals surface area contributed by atoms with Crippen LogP contribution in [0.4, 0.5) is 11.4 Å². The van der Waals surface area contributed by atoms with Gasteiger partial charge in [-0.1, -0.05) is 24.4 Å². The lowest BCUT2D eigenvalue weighted by Crippen LogP contribution is -2.29. The van der Waals surface area contributed by atoms with Crippen molar-refractivity contribution >= 4 is 38.7 Å². The number of hydrogen-bond acceptors (Lipinski definition) is 4. The molecule has 0 bridgehead atoms. The zero-order chi connectivity index (χ0) is 14.8. The fourth-order valence-corrected chi connectivity index (χ4v) is 4.21. The van der Waals surface area contributed by atoms with E-state index in [-0.39, 0.29) is 5.25 Å². The lowest BCUT2D eigenvalue weighted by atomic mass is 10.3. The average Bonchev–Trinajstić information content (AvgIpc) is 2.87. The molecule has 1 saturated carbocycles. The van der Waals surface area contributed by atoms with Gasteiger partial charge >= 0.3 is 0 Å². The first-order valence-electron chi connectivity index (χ1n) is 6.45. The van der Waals surface area contributed by atoms with Gasteiger partial charge < -0.3 is 11.1 Å². The molecule has 0 unspecified atom stereocenters. The Labute approximate surface area is 123 Å². The van der Waals surface area contributed by atoms with E-state index in [1.54, 1.807) is 12.1 Å². The summed E-state index contributed by atoms with van der Waals surface area (Å²) < 4.78 is 24.1. The fraction of sp³-hybridized carbons (Fsp3) is 0.462. The van der Waals surface area contributed by atoms with Gasteiger partial charge in [0.15, 0.2) is 9.84 Å². The highest BCUT2D eigenvalue weighted by molar-refractivity contribution is 7.92. The average molecular weight is 317 g/mol. The molecule has 2 rings (SSSR count). The number of nitrogens with one attached hydrogen (secondary N) is 1. The molecule has 1 fully saturated rings. The third-order valence-electron chi connectivity index (χ3n) is 3.42. The molecule has 7 heteroatoms.